The Kier molecular flexibility index (Phi) is 15.7. The van der Waals surface area contributed by atoms with Crippen molar-refractivity contribution in [1.29, 1.82) is 0 Å². The summed E-state index contributed by atoms with van der Waals surface area (Å²) >= 11 is 0. The summed E-state index contributed by atoms with van der Waals surface area (Å²) in [6.45, 7) is 9.47. The monoisotopic (exact) mass is 549 g/mol. The summed E-state index contributed by atoms with van der Waals surface area (Å²) in [5.41, 5.74) is 1.12. The molecule has 0 unspecified atom stereocenters. The number of morpholine rings is 1. The molecule has 9 heteroatoms. The topological polar surface area (TPSA) is 70.6 Å². The van der Waals surface area contributed by atoms with Crippen LogP contribution in [0, 0.1) is 0 Å². The average molecular weight is 549 g/mol. The summed E-state index contributed by atoms with van der Waals surface area (Å²) in [5.74, 6) is 1.72. The molecule has 0 aliphatic carbocycles. The Bertz CT molecular complexity index is 615. The van der Waals surface area contributed by atoms with Crippen LogP contribution in [0.15, 0.2) is 29.3 Å². The van der Waals surface area contributed by atoms with Gasteiger partial charge in [-0.15, -0.1) is 24.0 Å². The summed E-state index contributed by atoms with van der Waals surface area (Å²) in [5, 5.41) is 6.76. The van der Waals surface area contributed by atoms with Gasteiger partial charge in [0.1, 0.15) is 12.4 Å². The Morgan fingerprint density at radius 3 is 2.68 bits per heavy atom. The van der Waals surface area contributed by atoms with Crippen LogP contribution >= 0.6 is 24.0 Å². The molecule has 31 heavy (non-hydrogen) atoms. The number of hydrogen-bond acceptors (Lipinski definition) is 6. The van der Waals surface area contributed by atoms with Gasteiger partial charge in [0.25, 0.3) is 0 Å². The van der Waals surface area contributed by atoms with Crippen molar-refractivity contribution in [3.8, 4) is 5.75 Å². The lowest BCUT2D eigenvalue weighted by Crippen LogP contribution is -2.41. The third kappa shape index (κ3) is 11.9. The lowest BCUT2D eigenvalue weighted by atomic mass is 10.2. The number of aliphatic imine (C=N–C) groups is 1. The largest absolute Gasteiger partial charge is 0.492 e. The predicted octanol–water partition coefficient (Wildman–Crippen LogP) is 1.65. The van der Waals surface area contributed by atoms with E-state index in [1.165, 1.54) is 0 Å². The Hall–Kier alpha value is -1.14. The molecule has 1 fully saturated rings. The molecule has 1 aliphatic rings. The fourth-order valence-electron chi connectivity index (χ4n) is 3.26. The van der Waals surface area contributed by atoms with Crippen LogP contribution in [0.1, 0.15) is 12.0 Å². The summed E-state index contributed by atoms with van der Waals surface area (Å²) in [4.78, 5) is 8.99. The minimum Gasteiger partial charge on any atom is -0.492 e. The van der Waals surface area contributed by atoms with Gasteiger partial charge in [0.2, 0.25) is 0 Å². The van der Waals surface area contributed by atoms with Gasteiger partial charge in [-0.3, -0.25) is 9.89 Å². The molecule has 178 valence electrons. The highest BCUT2D eigenvalue weighted by molar-refractivity contribution is 14.0. The standard InChI is InChI=1S/C22H39N5O3.HI/c1-23-22(24-9-11-26(2)10-6-15-28-3)25-19-20-7-4-5-8-21(20)30-18-14-27-12-16-29-17-13-27;/h4-5,7-8H,6,9-19H2,1-3H3,(H2,23,24,25);1H. The first-order valence-electron chi connectivity index (χ1n) is 10.9. The number of benzene rings is 1. The van der Waals surface area contributed by atoms with Crippen LogP contribution in [0.5, 0.6) is 5.75 Å². The molecule has 2 N–H and O–H groups in total. The number of rotatable bonds is 13. The second-order valence-electron chi connectivity index (χ2n) is 7.41. The molecular weight excluding hydrogens is 509 g/mol. The zero-order valence-electron chi connectivity index (χ0n) is 19.3. The van der Waals surface area contributed by atoms with Crippen molar-refractivity contribution in [2.75, 3.05) is 86.9 Å². The van der Waals surface area contributed by atoms with Crippen molar-refractivity contribution in [2.45, 2.75) is 13.0 Å². The maximum absolute atomic E-state index is 6.07. The molecule has 1 heterocycles. The molecule has 0 amide bonds. The summed E-state index contributed by atoms with van der Waals surface area (Å²) in [7, 11) is 5.66. The van der Waals surface area contributed by atoms with E-state index in [9.17, 15) is 0 Å². The SMILES string of the molecule is CN=C(NCCN(C)CCCOC)NCc1ccccc1OCCN1CCOCC1.I. The van der Waals surface area contributed by atoms with Crippen LogP contribution in [-0.2, 0) is 16.0 Å². The Morgan fingerprint density at radius 1 is 1.16 bits per heavy atom. The minimum absolute atomic E-state index is 0. The van der Waals surface area contributed by atoms with Crippen molar-refractivity contribution in [1.82, 2.24) is 20.4 Å². The maximum atomic E-state index is 6.07. The quantitative estimate of drug-likeness (QED) is 0.168. The van der Waals surface area contributed by atoms with Crippen LogP contribution in [0.4, 0.5) is 0 Å². The van der Waals surface area contributed by atoms with E-state index in [0.717, 1.165) is 82.8 Å². The van der Waals surface area contributed by atoms with Crippen LogP contribution in [-0.4, -0.2) is 103 Å². The number of halogens is 1. The fourth-order valence-corrected chi connectivity index (χ4v) is 3.26. The van der Waals surface area contributed by atoms with Crippen molar-refractivity contribution < 1.29 is 14.2 Å². The highest BCUT2D eigenvalue weighted by Gasteiger charge is 2.11. The third-order valence-corrected chi connectivity index (χ3v) is 5.09. The van der Waals surface area contributed by atoms with Crippen LogP contribution in [0.2, 0.25) is 0 Å². The van der Waals surface area contributed by atoms with Crippen LogP contribution in [0.25, 0.3) is 0 Å². The molecule has 0 radical (unpaired) electrons. The molecule has 1 aromatic carbocycles. The van der Waals surface area contributed by atoms with Gasteiger partial charge in [-0.25, -0.2) is 0 Å². The van der Waals surface area contributed by atoms with E-state index >= 15 is 0 Å². The second kappa shape index (κ2) is 17.4. The Morgan fingerprint density at radius 2 is 1.94 bits per heavy atom. The van der Waals surface area contributed by atoms with E-state index in [2.05, 4.69) is 38.5 Å². The highest BCUT2D eigenvalue weighted by Crippen LogP contribution is 2.17. The van der Waals surface area contributed by atoms with E-state index in [-0.39, 0.29) is 24.0 Å². The van der Waals surface area contributed by atoms with Gasteiger partial charge in [0, 0.05) is 72.1 Å². The fraction of sp³-hybridized carbons (Fsp3) is 0.682. The zero-order chi connectivity index (χ0) is 21.4. The molecule has 0 bridgehead atoms. The molecule has 0 saturated carbocycles. The van der Waals surface area contributed by atoms with Gasteiger partial charge >= 0.3 is 0 Å². The van der Waals surface area contributed by atoms with Crippen molar-refractivity contribution >= 4 is 29.9 Å². The van der Waals surface area contributed by atoms with Gasteiger partial charge in [-0.2, -0.15) is 0 Å². The molecule has 1 aliphatic heterocycles. The van der Waals surface area contributed by atoms with Gasteiger partial charge in [-0.05, 0) is 19.5 Å². The molecule has 0 atom stereocenters. The normalized spacial score (nSPS) is 14.9. The van der Waals surface area contributed by atoms with Gasteiger partial charge < -0.3 is 29.7 Å². The van der Waals surface area contributed by atoms with E-state index in [1.807, 2.05) is 18.2 Å². The van der Waals surface area contributed by atoms with E-state index in [1.54, 1.807) is 14.2 Å². The number of likely N-dealkylation sites (N-methyl/N-ethyl adjacent to an activating group) is 1. The molecule has 2 rings (SSSR count). The van der Waals surface area contributed by atoms with E-state index in [4.69, 9.17) is 14.2 Å². The number of methoxy groups -OCH3 is 1. The van der Waals surface area contributed by atoms with E-state index in [0.29, 0.717) is 13.2 Å². The predicted molar refractivity (Wildman–Crippen MR) is 137 cm³/mol. The molecular formula is C22H40IN5O3. The molecule has 0 aromatic heterocycles. The molecule has 0 spiro atoms. The first-order chi connectivity index (χ1) is 14.7. The number of ether oxygens (including phenoxy) is 3. The average Bonchev–Trinajstić information content (AvgIpc) is 2.78. The smallest absolute Gasteiger partial charge is 0.191 e. The summed E-state index contributed by atoms with van der Waals surface area (Å²) in [6, 6.07) is 8.17. The first kappa shape index (κ1) is 27.9. The molecule has 1 aromatic rings. The van der Waals surface area contributed by atoms with Crippen molar-refractivity contribution in [2.24, 2.45) is 4.99 Å². The molecule has 1 saturated heterocycles. The first-order valence-corrected chi connectivity index (χ1v) is 10.9. The Labute approximate surface area is 204 Å². The Balaban J connectivity index is 0.00000480. The third-order valence-electron chi connectivity index (χ3n) is 5.09. The number of nitrogens with one attached hydrogen (secondary N) is 2. The number of hydrogen-bond donors (Lipinski definition) is 2. The summed E-state index contributed by atoms with van der Waals surface area (Å²) in [6.07, 6.45) is 1.04. The summed E-state index contributed by atoms with van der Waals surface area (Å²) < 4.78 is 16.6. The van der Waals surface area contributed by atoms with Crippen molar-refractivity contribution in [3.63, 3.8) is 0 Å². The van der Waals surface area contributed by atoms with Gasteiger partial charge in [0.05, 0.1) is 13.2 Å². The highest BCUT2D eigenvalue weighted by atomic mass is 127. The van der Waals surface area contributed by atoms with Crippen LogP contribution in [0.3, 0.4) is 0 Å². The molecule has 8 nitrogen and oxygen atoms in total. The number of para-hydroxylation sites is 1. The van der Waals surface area contributed by atoms with E-state index < -0.39 is 0 Å². The lowest BCUT2D eigenvalue weighted by molar-refractivity contribution is 0.0322. The van der Waals surface area contributed by atoms with Crippen LogP contribution < -0.4 is 15.4 Å². The second-order valence-corrected chi connectivity index (χ2v) is 7.41. The lowest BCUT2D eigenvalue weighted by Gasteiger charge is -2.26. The minimum atomic E-state index is 0. The van der Waals surface area contributed by atoms with Crippen molar-refractivity contribution in [3.05, 3.63) is 29.8 Å². The van der Waals surface area contributed by atoms with Gasteiger partial charge in [-0.1, -0.05) is 18.2 Å². The zero-order valence-corrected chi connectivity index (χ0v) is 21.6. The number of guanidine groups is 1. The van der Waals surface area contributed by atoms with Gasteiger partial charge in [0.15, 0.2) is 5.96 Å². The number of nitrogens with zero attached hydrogens (tertiary/aromatic N) is 3. The maximum Gasteiger partial charge on any atom is 0.191 e.